The summed E-state index contributed by atoms with van der Waals surface area (Å²) in [6, 6.07) is 7.77. The van der Waals surface area contributed by atoms with Gasteiger partial charge in [-0.1, -0.05) is 12.1 Å². The number of benzene rings is 1. The number of esters is 1. The fourth-order valence-electron chi connectivity index (χ4n) is 2.71. The number of ether oxygens (including phenoxy) is 2. The molecule has 2 heterocycles. The average molecular weight is 304 g/mol. The van der Waals surface area contributed by atoms with Gasteiger partial charge in [-0.2, -0.15) is 0 Å². The van der Waals surface area contributed by atoms with Crippen LogP contribution >= 0.6 is 0 Å². The van der Waals surface area contributed by atoms with E-state index in [4.69, 9.17) is 13.9 Å². The van der Waals surface area contributed by atoms with Gasteiger partial charge >= 0.3 is 5.97 Å². The Morgan fingerprint density at radius 2 is 2.32 bits per heavy atom. The molecule has 0 aliphatic carbocycles. The van der Waals surface area contributed by atoms with Crippen LogP contribution in [0.5, 0.6) is 0 Å². The molecule has 1 aliphatic heterocycles. The quantitative estimate of drug-likeness (QED) is 0.806. The van der Waals surface area contributed by atoms with Crippen molar-refractivity contribution in [3.05, 3.63) is 30.2 Å². The summed E-state index contributed by atoms with van der Waals surface area (Å²) in [6.07, 6.45) is 0.126. The van der Waals surface area contributed by atoms with E-state index in [-0.39, 0.29) is 24.5 Å². The molecule has 118 valence electrons. The zero-order valence-electron chi connectivity index (χ0n) is 12.8. The summed E-state index contributed by atoms with van der Waals surface area (Å²) >= 11 is 0. The van der Waals surface area contributed by atoms with E-state index in [9.17, 15) is 4.79 Å². The van der Waals surface area contributed by atoms with Gasteiger partial charge in [0.2, 0.25) is 5.89 Å². The molecule has 0 radical (unpaired) electrons. The third-order valence-corrected chi connectivity index (χ3v) is 4.01. The predicted molar refractivity (Wildman–Crippen MR) is 80.4 cm³/mol. The number of hydrogen-bond acceptors (Lipinski definition) is 6. The Bertz CT molecular complexity index is 621. The van der Waals surface area contributed by atoms with E-state index in [1.165, 1.54) is 7.11 Å². The van der Waals surface area contributed by atoms with E-state index in [0.717, 1.165) is 17.6 Å². The fraction of sp³-hybridized carbons (Fsp3) is 0.500. The summed E-state index contributed by atoms with van der Waals surface area (Å²) in [5, 5.41) is 0. The van der Waals surface area contributed by atoms with E-state index in [0.29, 0.717) is 19.0 Å². The number of aromatic nitrogens is 1. The van der Waals surface area contributed by atoms with Crippen LogP contribution in [0.25, 0.3) is 11.1 Å². The highest BCUT2D eigenvalue weighted by Crippen LogP contribution is 2.26. The number of nitrogens with zero attached hydrogens (tertiary/aromatic N) is 2. The minimum atomic E-state index is -0.249. The van der Waals surface area contributed by atoms with Gasteiger partial charge in [0, 0.05) is 13.1 Å². The van der Waals surface area contributed by atoms with Crippen molar-refractivity contribution in [1.82, 2.24) is 9.88 Å². The van der Waals surface area contributed by atoms with Crippen molar-refractivity contribution in [3.8, 4) is 0 Å². The predicted octanol–water partition coefficient (Wildman–Crippen LogP) is 2.15. The first-order valence-corrected chi connectivity index (χ1v) is 7.45. The van der Waals surface area contributed by atoms with Gasteiger partial charge in [0.15, 0.2) is 5.58 Å². The van der Waals surface area contributed by atoms with Gasteiger partial charge in [-0.05, 0) is 19.1 Å². The number of para-hydroxylation sites is 2. The standard InChI is InChI=1S/C16H20N2O4/c1-11(16-17-13-5-3-4-6-14(13)22-16)18-7-8-21-12(10-18)9-15(19)20-2/h3-6,11-12H,7-10H2,1-2H3/t11-,12+/m0/s1. The lowest BCUT2D eigenvalue weighted by Crippen LogP contribution is -2.44. The molecule has 2 atom stereocenters. The Balaban J connectivity index is 1.70. The Hall–Kier alpha value is -1.92. The highest BCUT2D eigenvalue weighted by molar-refractivity contribution is 5.72. The summed E-state index contributed by atoms with van der Waals surface area (Å²) in [5.41, 5.74) is 1.66. The summed E-state index contributed by atoms with van der Waals surface area (Å²) in [5.74, 6) is 0.446. The summed E-state index contributed by atoms with van der Waals surface area (Å²) in [4.78, 5) is 18.2. The van der Waals surface area contributed by atoms with Gasteiger partial charge in [0.25, 0.3) is 0 Å². The number of carbonyl (C=O) groups is 1. The first-order chi connectivity index (χ1) is 10.7. The smallest absolute Gasteiger partial charge is 0.308 e. The molecule has 1 fully saturated rings. The second-order valence-corrected chi connectivity index (χ2v) is 5.46. The lowest BCUT2D eigenvalue weighted by atomic mass is 10.1. The lowest BCUT2D eigenvalue weighted by Gasteiger charge is -2.35. The second-order valence-electron chi connectivity index (χ2n) is 5.46. The van der Waals surface area contributed by atoms with E-state index < -0.39 is 0 Å². The molecule has 1 aromatic carbocycles. The van der Waals surface area contributed by atoms with Gasteiger partial charge in [-0.15, -0.1) is 0 Å². The molecule has 2 aromatic rings. The summed E-state index contributed by atoms with van der Waals surface area (Å²) in [7, 11) is 1.39. The molecule has 1 saturated heterocycles. The molecule has 0 spiro atoms. The molecular weight excluding hydrogens is 284 g/mol. The zero-order valence-corrected chi connectivity index (χ0v) is 12.8. The van der Waals surface area contributed by atoms with Gasteiger partial charge in [-0.25, -0.2) is 4.98 Å². The molecule has 1 aliphatic rings. The molecule has 6 nitrogen and oxygen atoms in total. The Labute approximate surface area is 129 Å². The van der Waals surface area contributed by atoms with Crippen LogP contribution in [0.4, 0.5) is 0 Å². The highest BCUT2D eigenvalue weighted by Gasteiger charge is 2.29. The van der Waals surface area contributed by atoms with Crippen molar-refractivity contribution >= 4 is 17.1 Å². The number of rotatable bonds is 4. The van der Waals surface area contributed by atoms with Crippen LogP contribution in [-0.2, 0) is 14.3 Å². The monoisotopic (exact) mass is 304 g/mol. The van der Waals surface area contributed by atoms with Crippen LogP contribution in [0.1, 0.15) is 25.3 Å². The Morgan fingerprint density at radius 3 is 3.09 bits per heavy atom. The molecule has 0 unspecified atom stereocenters. The number of hydrogen-bond donors (Lipinski definition) is 0. The largest absolute Gasteiger partial charge is 0.469 e. The lowest BCUT2D eigenvalue weighted by molar-refractivity contribution is -0.146. The summed E-state index contributed by atoms with van der Waals surface area (Å²) < 4.78 is 16.2. The topological polar surface area (TPSA) is 64.8 Å². The van der Waals surface area contributed by atoms with Crippen molar-refractivity contribution < 1.29 is 18.7 Å². The van der Waals surface area contributed by atoms with E-state index in [2.05, 4.69) is 16.8 Å². The SMILES string of the molecule is COC(=O)C[C@@H]1CN([C@@H](C)c2nc3ccccc3o2)CCO1. The maximum atomic E-state index is 11.4. The number of methoxy groups -OCH3 is 1. The molecule has 3 rings (SSSR count). The number of carbonyl (C=O) groups excluding carboxylic acids is 1. The first kappa shape index (κ1) is 15.0. The second kappa shape index (κ2) is 6.46. The molecular formula is C16H20N2O4. The van der Waals surface area contributed by atoms with E-state index >= 15 is 0 Å². The zero-order chi connectivity index (χ0) is 15.5. The molecule has 22 heavy (non-hydrogen) atoms. The van der Waals surface area contributed by atoms with Crippen LogP contribution < -0.4 is 0 Å². The number of fused-ring (bicyclic) bond motifs is 1. The van der Waals surface area contributed by atoms with E-state index in [1.807, 2.05) is 24.3 Å². The van der Waals surface area contributed by atoms with Crippen LogP contribution in [0, 0.1) is 0 Å². The van der Waals surface area contributed by atoms with Gasteiger partial charge in [0.05, 0.1) is 32.3 Å². The minimum Gasteiger partial charge on any atom is -0.469 e. The minimum absolute atomic E-state index is 0.0384. The highest BCUT2D eigenvalue weighted by atomic mass is 16.5. The van der Waals surface area contributed by atoms with Crippen LogP contribution in [0.3, 0.4) is 0 Å². The number of oxazole rings is 1. The first-order valence-electron chi connectivity index (χ1n) is 7.45. The maximum Gasteiger partial charge on any atom is 0.308 e. The molecule has 6 heteroatoms. The van der Waals surface area contributed by atoms with Gasteiger partial charge < -0.3 is 13.9 Å². The van der Waals surface area contributed by atoms with Crippen molar-refractivity contribution in [2.45, 2.75) is 25.5 Å². The maximum absolute atomic E-state index is 11.4. The van der Waals surface area contributed by atoms with Crippen LogP contribution in [-0.4, -0.2) is 48.8 Å². The summed E-state index contributed by atoms with van der Waals surface area (Å²) in [6.45, 7) is 4.10. The molecule has 0 bridgehead atoms. The van der Waals surface area contributed by atoms with Crippen molar-refractivity contribution in [2.75, 3.05) is 26.8 Å². The number of morpholine rings is 1. The molecule has 0 N–H and O–H groups in total. The van der Waals surface area contributed by atoms with Crippen molar-refractivity contribution in [1.29, 1.82) is 0 Å². The van der Waals surface area contributed by atoms with Crippen LogP contribution in [0.15, 0.2) is 28.7 Å². The third-order valence-electron chi connectivity index (χ3n) is 4.01. The Kier molecular flexibility index (Phi) is 4.40. The normalized spacial score (nSPS) is 20.9. The van der Waals surface area contributed by atoms with Crippen molar-refractivity contribution in [2.24, 2.45) is 0 Å². The van der Waals surface area contributed by atoms with Gasteiger partial charge in [-0.3, -0.25) is 9.69 Å². The van der Waals surface area contributed by atoms with Crippen LogP contribution in [0.2, 0.25) is 0 Å². The third kappa shape index (κ3) is 3.13. The molecule has 0 amide bonds. The fourth-order valence-corrected chi connectivity index (χ4v) is 2.71. The van der Waals surface area contributed by atoms with Gasteiger partial charge in [0.1, 0.15) is 5.52 Å². The molecule has 0 saturated carbocycles. The van der Waals surface area contributed by atoms with E-state index in [1.54, 1.807) is 0 Å². The molecule has 1 aromatic heterocycles. The average Bonchev–Trinajstić information content (AvgIpc) is 2.98. The van der Waals surface area contributed by atoms with Crippen molar-refractivity contribution in [3.63, 3.8) is 0 Å². The Morgan fingerprint density at radius 1 is 1.50 bits per heavy atom.